The highest BCUT2D eigenvalue weighted by molar-refractivity contribution is 5.87. The monoisotopic (exact) mass is 357 g/mol. The smallest absolute Gasteiger partial charge is 0.335 e. The lowest BCUT2D eigenvalue weighted by Crippen LogP contribution is -2.42. The molecule has 0 saturated carbocycles. The summed E-state index contributed by atoms with van der Waals surface area (Å²) in [7, 11) is 0. The molecule has 0 aliphatic carbocycles. The molecule has 3 rings (SSSR count). The fourth-order valence-electron chi connectivity index (χ4n) is 3.02. The first-order valence-electron chi connectivity index (χ1n) is 8.50. The van der Waals surface area contributed by atoms with Crippen molar-refractivity contribution in [2.45, 2.75) is 18.9 Å². The minimum atomic E-state index is -0.972. The number of carbonyl (C=O) groups is 2. The summed E-state index contributed by atoms with van der Waals surface area (Å²) >= 11 is 0. The summed E-state index contributed by atoms with van der Waals surface area (Å²) in [5, 5.41) is 8.90. The van der Waals surface area contributed by atoms with Gasteiger partial charge in [0.05, 0.1) is 18.7 Å². The highest BCUT2D eigenvalue weighted by Gasteiger charge is 2.26. The van der Waals surface area contributed by atoms with Crippen LogP contribution in [-0.2, 0) is 16.0 Å². The van der Waals surface area contributed by atoms with E-state index in [0.29, 0.717) is 38.1 Å². The molecule has 1 heterocycles. The van der Waals surface area contributed by atoms with Crippen LogP contribution in [0.5, 0.6) is 0 Å². The molecule has 2 aromatic carbocycles. The van der Waals surface area contributed by atoms with Crippen molar-refractivity contribution in [2.24, 2.45) is 0 Å². The number of carboxylic acids is 1. The summed E-state index contributed by atoms with van der Waals surface area (Å²) in [5.74, 6) is -1.32. The number of rotatable bonds is 5. The minimum Gasteiger partial charge on any atom is -0.478 e. The zero-order chi connectivity index (χ0) is 18.5. The predicted molar refractivity (Wildman–Crippen MR) is 93.4 cm³/mol. The van der Waals surface area contributed by atoms with Gasteiger partial charge in [-0.1, -0.05) is 30.3 Å². The predicted octanol–water partition coefficient (Wildman–Crippen LogP) is 3.06. The molecule has 1 fully saturated rings. The molecule has 136 valence electrons. The molecule has 1 aliphatic rings. The van der Waals surface area contributed by atoms with Crippen LogP contribution in [0.2, 0.25) is 0 Å². The maximum absolute atomic E-state index is 13.9. The second-order valence-corrected chi connectivity index (χ2v) is 6.22. The summed E-state index contributed by atoms with van der Waals surface area (Å²) in [6.07, 6.45) is 0.389. The molecule has 26 heavy (non-hydrogen) atoms. The molecule has 1 atom stereocenters. The standard InChI is InChI=1S/C20H20FNO4/c21-17-4-2-1-3-16(17)18-13-22(11-12-26-18)19(23)10-7-14-5-8-15(9-6-14)20(24)25/h1-6,8-9,18H,7,10-13H2,(H,24,25)/t18-/m1/s1. The van der Waals surface area contributed by atoms with Crippen LogP contribution in [0, 0.1) is 5.82 Å². The number of aromatic carboxylic acids is 1. The molecule has 1 N–H and O–H groups in total. The summed E-state index contributed by atoms with van der Waals surface area (Å²) in [6, 6.07) is 13.0. The number of ether oxygens (including phenoxy) is 1. The van der Waals surface area contributed by atoms with E-state index in [1.165, 1.54) is 18.2 Å². The molecular weight excluding hydrogens is 337 g/mol. The van der Waals surface area contributed by atoms with Gasteiger partial charge in [0.15, 0.2) is 0 Å². The lowest BCUT2D eigenvalue weighted by molar-refractivity contribution is -0.139. The number of aryl methyl sites for hydroxylation is 1. The van der Waals surface area contributed by atoms with E-state index in [9.17, 15) is 14.0 Å². The molecule has 1 saturated heterocycles. The second-order valence-electron chi connectivity index (χ2n) is 6.22. The summed E-state index contributed by atoms with van der Waals surface area (Å²) in [4.78, 5) is 25.0. The van der Waals surface area contributed by atoms with E-state index in [2.05, 4.69) is 0 Å². The van der Waals surface area contributed by atoms with Crippen LogP contribution in [0.4, 0.5) is 4.39 Å². The molecule has 0 unspecified atom stereocenters. The molecule has 5 nitrogen and oxygen atoms in total. The molecule has 0 aromatic heterocycles. The van der Waals surface area contributed by atoms with E-state index in [1.54, 1.807) is 35.2 Å². The lowest BCUT2D eigenvalue weighted by atomic mass is 10.0. The van der Waals surface area contributed by atoms with Crippen LogP contribution in [-0.4, -0.2) is 41.6 Å². The van der Waals surface area contributed by atoms with Crippen LogP contribution in [0.25, 0.3) is 0 Å². The average molecular weight is 357 g/mol. The molecule has 2 aromatic rings. The number of morpholine rings is 1. The van der Waals surface area contributed by atoms with Gasteiger partial charge in [-0.15, -0.1) is 0 Å². The third-order valence-electron chi connectivity index (χ3n) is 4.50. The van der Waals surface area contributed by atoms with Crippen molar-refractivity contribution in [2.75, 3.05) is 19.7 Å². The molecule has 0 spiro atoms. The Bertz CT molecular complexity index is 791. The summed E-state index contributed by atoms with van der Waals surface area (Å²) in [6.45, 7) is 1.19. The second kappa shape index (κ2) is 8.10. The maximum Gasteiger partial charge on any atom is 0.335 e. The van der Waals surface area contributed by atoms with Gasteiger partial charge in [-0.25, -0.2) is 9.18 Å². The van der Waals surface area contributed by atoms with Crippen molar-refractivity contribution in [3.8, 4) is 0 Å². The molecule has 0 radical (unpaired) electrons. The van der Waals surface area contributed by atoms with Crippen molar-refractivity contribution in [1.29, 1.82) is 0 Å². The topological polar surface area (TPSA) is 66.8 Å². The first-order chi connectivity index (χ1) is 12.5. The van der Waals surface area contributed by atoms with Crippen molar-refractivity contribution >= 4 is 11.9 Å². The molecule has 1 aliphatic heterocycles. The zero-order valence-electron chi connectivity index (χ0n) is 14.2. The quantitative estimate of drug-likeness (QED) is 0.893. The largest absolute Gasteiger partial charge is 0.478 e. The van der Waals surface area contributed by atoms with Gasteiger partial charge in [0.1, 0.15) is 11.9 Å². The van der Waals surface area contributed by atoms with E-state index >= 15 is 0 Å². The lowest BCUT2D eigenvalue weighted by Gasteiger charge is -2.33. The Balaban J connectivity index is 1.57. The number of halogens is 1. The first-order valence-corrected chi connectivity index (χ1v) is 8.50. The third-order valence-corrected chi connectivity index (χ3v) is 4.50. The summed E-state index contributed by atoms with van der Waals surface area (Å²) in [5.41, 5.74) is 1.59. The number of nitrogens with zero attached hydrogens (tertiary/aromatic N) is 1. The van der Waals surface area contributed by atoms with Crippen LogP contribution in [0.15, 0.2) is 48.5 Å². The van der Waals surface area contributed by atoms with Gasteiger partial charge in [-0.2, -0.15) is 0 Å². The highest BCUT2D eigenvalue weighted by atomic mass is 19.1. The van der Waals surface area contributed by atoms with Crippen LogP contribution in [0.1, 0.15) is 34.0 Å². The van der Waals surface area contributed by atoms with Gasteiger partial charge >= 0.3 is 5.97 Å². The first kappa shape index (κ1) is 18.1. The van der Waals surface area contributed by atoms with Crippen molar-refractivity contribution in [1.82, 2.24) is 4.90 Å². The third kappa shape index (κ3) is 4.26. The Kier molecular flexibility index (Phi) is 5.63. The van der Waals surface area contributed by atoms with E-state index in [0.717, 1.165) is 5.56 Å². The number of benzene rings is 2. The number of hydrogen-bond acceptors (Lipinski definition) is 3. The van der Waals surface area contributed by atoms with E-state index in [-0.39, 0.29) is 17.3 Å². The van der Waals surface area contributed by atoms with Gasteiger partial charge < -0.3 is 14.7 Å². The van der Waals surface area contributed by atoms with Gasteiger partial charge in [-0.3, -0.25) is 4.79 Å². The number of carboxylic acid groups (broad SMARTS) is 1. The van der Waals surface area contributed by atoms with Crippen LogP contribution >= 0.6 is 0 Å². The van der Waals surface area contributed by atoms with E-state index in [1.807, 2.05) is 0 Å². The Morgan fingerprint density at radius 3 is 2.58 bits per heavy atom. The van der Waals surface area contributed by atoms with Crippen molar-refractivity contribution in [3.05, 3.63) is 71.0 Å². The Morgan fingerprint density at radius 1 is 1.15 bits per heavy atom. The zero-order valence-corrected chi connectivity index (χ0v) is 14.2. The molecular formula is C20H20FNO4. The van der Waals surface area contributed by atoms with Crippen LogP contribution in [0.3, 0.4) is 0 Å². The fourth-order valence-corrected chi connectivity index (χ4v) is 3.02. The Labute approximate surface area is 151 Å². The molecule has 0 bridgehead atoms. The fraction of sp³-hybridized carbons (Fsp3) is 0.300. The number of hydrogen-bond donors (Lipinski definition) is 1. The van der Waals surface area contributed by atoms with Gasteiger partial charge in [-0.05, 0) is 30.2 Å². The van der Waals surface area contributed by atoms with Crippen molar-refractivity contribution < 1.29 is 23.8 Å². The van der Waals surface area contributed by atoms with Gasteiger partial charge in [0, 0.05) is 18.5 Å². The number of carbonyl (C=O) groups excluding carboxylic acids is 1. The average Bonchev–Trinajstić information content (AvgIpc) is 2.67. The maximum atomic E-state index is 13.9. The van der Waals surface area contributed by atoms with Gasteiger partial charge in [0.2, 0.25) is 5.91 Å². The molecule has 6 heteroatoms. The highest BCUT2D eigenvalue weighted by Crippen LogP contribution is 2.25. The van der Waals surface area contributed by atoms with Crippen LogP contribution < -0.4 is 0 Å². The summed E-state index contributed by atoms with van der Waals surface area (Å²) < 4.78 is 19.6. The van der Waals surface area contributed by atoms with E-state index < -0.39 is 12.1 Å². The molecule has 1 amide bonds. The Hall–Kier alpha value is -2.73. The van der Waals surface area contributed by atoms with Gasteiger partial charge in [0.25, 0.3) is 0 Å². The number of amides is 1. The SMILES string of the molecule is O=C(O)c1ccc(CCC(=O)N2CCO[C@@H](c3ccccc3F)C2)cc1. The minimum absolute atomic E-state index is 0.0167. The Morgan fingerprint density at radius 2 is 1.88 bits per heavy atom. The normalized spacial score (nSPS) is 17.1. The van der Waals surface area contributed by atoms with E-state index in [4.69, 9.17) is 9.84 Å². The van der Waals surface area contributed by atoms with Crippen molar-refractivity contribution in [3.63, 3.8) is 0 Å².